The van der Waals surface area contributed by atoms with Gasteiger partial charge >= 0.3 is 0 Å². The zero-order valence-electron chi connectivity index (χ0n) is 9.97. The Kier molecular flexibility index (Phi) is 3.40. The van der Waals surface area contributed by atoms with Gasteiger partial charge in [0.1, 0.15) is 11.5 Å². The molecular formula is C15H12N2O. The van der Waals surface area contributed by atoms with E-state index in [0.717, 1.165) is 5.56 Å². The summed E-state index contributed by atoms with van der Waals surface area (Å²) in [5.74, 6) is 1.40. The lowest BCUT2D eigenvalue weighted by molar-refractivity contribution is 0.482. The number of nitrogens with zero attached hydrogens (tertiary/aromatic N) is 1. The minimum atomic E-state index is 0.528. The number of hydrogen-bond acceptors (Lipinski definition) is 3. The monoisotopic (exact) mass is 236 g/mol. The minimum absolute atomic E-state index is 0.528. The van der Waals surface area contributed by atoms with E-state index in [0.29, 0.717) is 22.8 Å². The average molecular weight is 236 g/mol. The van der Waals surface area contributed by atoms with Crippen molar-refractivity contribution in [3.63, 3.8) is 0 Å². The predicted octanol–water partition coefficient (Wildman–Crippen LogP) is 3.74. The maximum Gasteiger partial charge on any atom is 0.127 e. The van der Waals surface area contributed by atoms with Crippen molar-refractivity contribution in [2.24, 2.45) is 0 Å². The van der Waals surface area contributed by atoms with Crippen molar-refractivity contribution in [3.05, 3.63) is 59.7 Å². The molecule has 18 heavy (non-hydrogen) atoms. The Bertz CT molecular complexity index is 592. The van der Waals surface area contributed by atoms with Crippen molar-refractivity contribution in [1.82, 2.24) is 0 Å². The molecule has 0 amide bonds. The fraction of sp³-hybridized carbons (Fsp3) is 0.0667. The number of hydrogen-bond donors (Lipinski definition) is 1. The number of nitriles is 1. The largest absolute Gasteiger partial charge is 0.457 e. The summed E-state index contributed by atoms with van der Waals surface area (Å²) >= 11 is 0. The van der Waals surface area contributed by atoms with Crippen LogP contribution < -0.4 is 4.74 Å². The fourth-order valence-corrected chi connectivity index (χ4v) is 1.51. The van der Waals surface area contributed by atoms with Crippen molar-refractivity contribution in [1.29, 1.82) is 10.7 Å². The predicted molar refractivity (Wildman–Crippen MR) is 70.2 cm³/mol. The first kappa shape index (κ1) is 11.9. The van der Waals surface area contributed by atoms with E-state index in [1.165, 1.54) is 0 Å². The maximum atomic E-state index is 8.69. The van der Waals surface area contributed by atoms with Gasteiger partial charge in [-0.15, -0.1) is 0 Å². The molecule has 0 aromatic heterocycles. The van der Waals surface area contributed by atoms with Crippen molar-refractivity contribution in [2.45, 2.75) is 6.92 Å². The van der Waals surface area contributed by atoms with Gasteiger partial charge in [-0.05, 0) is 61.0 Å². The molecule has 0 radical (unpaired) electrons. The van der Waals surface area contributed by atoms with E-state index in [1.807, 2.05) is 24.3 Å². The normalized spacial score (nSPS) is 9.56. The van der Waals surface area contributed by atoms with Crippen LogP contribution in [0.1, 0.15) is 18.1 Å². The third-order valence-corrected chi connectivity index (χ3v) is 2.51. The lowest BCUT2D eigenvalue weighted by Crippen LogP contribution is -1.91. The van der Waals surface area contributed by atoms with Gasteiger partial charge in [0.25, 0.3) is 0 Å². The maximum absolute atomic E-state index is 8.69. The highest BCUT2D eigenvalue weighted by atomic mass is 16.5. The van der Waals surface area contributed by atoms with Crippen molar-refractivity contribution < 1.29 is 4.74 Å². The summed E-state index contributed by atoms with van der Waals surface area (Å²) in [5.41, 5.74) is 2.01. The first-order chi connectivity index (χ1) is 8.69. The number of nitrogens with one attached hydrogen (secondary N) is 1. The molecule has 3 nitrogen and oxygen atoms in total. The van der Waals surface area contributed by atoms with Gasteiger partial charge in [0.15, 0.2) is 0 Å². The summed E-state index contributed by atoms with van der Waals surface area (Å²) in [6.45, 7) is 1.75. The third-order valence-electron chi connectivity index (χ3n) is 2.51. The zero-order valence-corrected chi connectivity index (χ0v) is 9.97. The summed E-state index contributed by atoms with van der Waals surface area (Å²) in [4.78, 5) is 0. The van der Waals surface area contributed by atoms with E-state index < -0.39 is 0 Å². The Balaban J connectivity index is 2.13. The second kappa shape index (κ2) is 5.15. The Hall–Kier alpha value is -2.60. The highest BCUT2D eigenvalue weighted by Crippen LogP contribution is 2.22. The molecule has 0 fully saturated rings. The summed E-state index contributed by atoms with van der Waals surface area (Å²) < 4.78 is 5.63. The molecule has 0 saturated heterocycles. The van der Waals surface area contributed by atoms with Crippen LogP contribution in [0.4, 0.5) is 0 Å². The minimum Gasteiger partial charge on any atom is -0.457 e. The molecule has 1 N–H and O–H groups in total. The second-order valence-electron chi connectivity index (χ2n) is 3.89. The first-order valence-electron chi connectivity index (χ1n) is 5.52. The summed E-state index contributed by atoms with van der Waals surface area (Å²) in [6.07, 6.45) is 0. The Morgan fingerprint density at radius 2 is 1.50 bits per heavy atom. The molecule has 0 saturated carbocycles. The molecular weight excluding hydrogens is 224 g/mol. The Labute approximate surface area is 106 Å². The van der Waals surface area contributed by atoms with Gasteiger partial charge in [0.05, 0.1) is 11.6 Å². The molecule has 0 aliphatic rings. The van der Waals surface area contributed by atoms with Gasteiger partial charge in [-0.2, -0.15) is 5.26 Å². The molecule has 0 bridgehead atoms. The van der Waals surface area contributed by atoms with Gasteiger partial charge in [0, 0.05) is 5.71 Å². The van der Waals surface area contributed by atoms with Crippen LogP contribution in [0.3, 0.4) is 0 Å². The van der Waals surface area contributed by atoms with Gasteiger partial charge in [0.2, 0.25) is 0 Å². The van der Waals surface area contributed by atoms with Gasteiger partial charge in [-0.3, -0.25) is 0 Å². The van der Waals surface area contributed by atoms with Crippen molar-refractivity contribution >= 4 is 5.71 Å². The van der Waals surface area contributed by atoms with Gasteiger partial charge < -0.3 is 10.1 Å². The van der Waals surface area contributed by atoms with E-state index in [9.17, 15) is 0 Å². The lowest BCUT2D eigenvalue weighted by Gasteiger charge is -2.06. The van der Waals surface area contributed by atoms with Crippen LogP contribution >= 0.6 is 0 Å². The summed E-state index contributed by atoms with van der Waals surface area (Å²) in [5, 5.41) is 16.2. The van der Waals surface area contributed by atoms with Crippen LogP contribution in [0.2, 0.25) is 0 Å². The van der Waals surface area contributed by atoms with E-state index in [1.54, 1.807) is 31.2 Å². The molecule has 2 rings (SSSR count). The van der Waals surface area contributed by atoms with Crippen LogP contribution in [0.25, 0.3) is 0 Å². The molecule has 0 unspecified atom stereocenters. The lowest BCUT2D eigenvalue weighted by atomic mass is 10.1. The Morgan fingerprint density at radius 3 is 1.94 bits per heavy atom. The molecule has 0 heterocycles. The zero-order chi connectivity index (χ0) is 13.0. The van der Waals surface area contributed by atoms with Gasteiger partial charge in [-0.1, -0.05) is 0 Å². The average Bonchev–Trinajstić information content (AvgIpc) is 2.40. The van der Waals surface area contributed by atoms with Crippen LogP contribution in [0.5, 0.6) is 11.5 Å². The van der Waals surface area contributed by atoms with Crippen molar-refractivity contribution in [2.75, 3.05) is 0 Å². The number of rotatable bonds is 3. The topological polar surface area (TPSA) is 56.9 Å². The van der Waals surface area contributed by atoms with E-state index in [2.05, 4.69) is 6.07 Å². The second-order valence-corrected chi connectivity index (χ2v) is 3.89. The first-order valence-corrected chi connectivity index (χ1v) is 5.52. The van der Waals surface area contributed by atoms with Crippen LogP contribution in [0.15, 0.2) is 48.5 Å². The standard InChI is InChI=1S/C15H12N2O/c1-11(17)13-4-8-15(9-5-13)18-14-6-2-12(10-16)3-7-14/h2-9,17H,1H3. The van der Waals surface area contributed by atoms with Crippen LogP contribution in [0, 0.1) is 16.7 Å². The fourth-order valence-electron chi connectivity index (χ4n) is 1.51. The van der Waals surface area contributed by atoms with Gasteiger partial charge in [-0.25, -0.2) is 0 Å². The SMILES string of the molecule is CC(=N)c1ccc(Oc2ccc(C#N)cc2)cc1. The molecule has 3 heteroatoms. The van der Waals surface area contributed by atoms with Crippen LogP contribution in [-0.4, -0.2) is 5.71 Å². The number of benzene rings is 2. The van der Waals surface area contributed by atoms with Crippen molar-refractivity contribution in [3.8, 4) is 17.6 Å². The van der Waals surface area contributed by atoms with E-state index in [-0.39, 0.29) is 0 Å². The molecule has 2 aromatic carbocycles. The van der Waals surface area contributed by atoms with Crippen LogP contribution in [-0.2, 0) is 0 Å². The molecule has 0 spiro atoms. The highest BCUT2D eigenvalue weighted by molar-refractivity contribution is 5.96. The molecule has 2 aromatic rings. The molecule has 88 valence electrons. The van der Waals surface area contributed by atoms with E-state index in [4.69, 9.17) is 15.4 Å². The number of ether oxygens (including phenoxy) is 1. The third kappa shape index (κ3) is 2.74. The van der Waals surface area contributed by atoms with E-state index >= 15 is 0 Å². The summed E-state index contributed by atoms with van der Waals surface area (Å²) in [7, 11) is 0. The molecule has 0 atom stereocenters. The highest BCUT2D eigenvalue weighted by Gasteiger charge is 1.99. The summed E-state index contributed by atoms with van der Waals surface area (Å²) in [6, 6.07) is 16.3. The molecule has 0 aliphatic heterocycles. The smallest absolute Gasteiger partial charge is 0.127 e. The molecule has 0 aliphatic carbocycles. The Morgan fingerprint density at radius 1 is 1.00 bits per heavy atom. The quantitative estimate of drug-likeness (QED) is 0.825.